The fraction of sp³-hybridized carbons (Fsp3) is 1.00. The molecule has 1 saturated heterocycles. The Balaban J connectivity index is 2.39. The summed E-state index contributed by atoms with van der Waals surface area (Å²) < 4.78 is 25.1. The maximum Gasteiger partial charge on any atom is 0.211 e. The molecule has 0 radical (unpaired) electrons. The van der Waals surface area contributed by atoms with Crippen LogP contribution in [0.15, 0.2) is 0 Å². The Kier molecular flexibility index (Phi) is 3.70. The average molecular weight is 206 g/mol. The van der Waals surface area contributed by atoms with Gasteiger partial charge in [0.25, 0.3) is 0 Å². The molecular formula is C8H18N2O2S. The predicted octanol–water partition coefficient (Wildman–Crippen LogP) is 0.0662. The SMILES string of the molecule is CCS(=O)(=O)NC1CCC(C)NC1. The molecule has 4 nitrogen and oxygen atoms in total. The largest absolute Gasteiger partial charge is 0.313 e. The van der Waals surface area contributed by atoms with Crippen LogP contribution in [0.2, 0.25) is 0 Å². The van der Waals surface area contributed by atoms with Crippen LogP contribution in [0.4, 0.5) is 0 Å². The van der Waals surface area contributed by atoms with Crippen molar-refractivity contribution >= 4 is 10.0 Å². The molecule has 78 valence electrons. The molecule has 0 bridgehead atoms. The molecule has 2 N–H and O–H groups in total. The number of nitrogens with one attached hydrogen (secondary N) is 2. The van der Waals surface area contributed by atoms with E-state index in [1.807, 2.05) is 0 Å². The van der Waals surface area contributed by atoms with Gasteiger partial charge in [0, 0.05) is 18.6 Å². The van der Waals surface area contributed by atoms with Crippen LogP contribution in [0.25, 0.3) is 0 Å². The lowest BCUT2D eigenvalue weighted by Crippen LogP contribution is -2.48. The molecule has 0 saturated carbocycles. The molecule has 0 amide bonds. The molecule has 1 heterocycles. The third kappa shape index (κ3) is 3.62. The molecule has 1 aliphatic heterocycles. The lowest BCUT2D eigenvalue weighted by Gasteiger charge is -2.27. The van der Waals surface area contributed by atoms with Crippen molar-refractivity contribution in [3.8, 4) is 0 Å². The topological polar surface area (TPSA) is 58.2 Å². The van der Waals surface area contributed by atoms with E-state index in [1.165, 1.54) is 0 Å². The molecule has 2 atom stereocenters. The van der Waals surface area contributed by atoms with Gasteiger partial charge in [0.15, 0.2) is 0 Å². The second kappa shape index (κ2) is 4.39. The van der Waals surface area contributed by atoms with Crippen LogP contribution in [0, 0.1) is 0 Å². The van der Waals surface area contributed by atoms with Gasteiger partial charge in [-0.3, -0.25) is 0 Å². The maximum absolute atomic E-state index is 11.2. The zero-order chi connectivity index (χ0) is 9.90. The van der Waals surface area contributed by atoms with Crippen molar-refractivity contribution < 1.29 is 8.42 Å². The first-order valence-corrected chi connectivity index (χ1v) is 6.42. The molecule has 1 rings (SSSR count). The smallest absolute Gasteiger partial charge is 0.211 e. The molecule has 0 aliphatic carbocycles. The van der Waals surface area contributed by atoms with E-state index in [2.05, 4.69) is 17.0 Å². The monoisotopic (exact) mass is 206 g/mol. The molecule has 13 heavy (non-hydrogen) atoms. The maximum atomic E-state index is 11.2. The Bertz CT molecular complexity index is 243. The summed E-state index contributed by atoms with van der Waals surface area (Å²) in [5, 5.41) is 3.25. The Morgan fingerprint density at radius 2 is 2.15 bits per heavy atom. The Labute approximate surface area is 80.1 Å². The summed E-state index contributed by atoms with van der Waals surface area (Å²) >= 11 is 0. The van der Waals surface area contributed by atoms with Crippen molar-refractivity contribution in [2.24, 2.45) is 0 Å². The number of hydrogen-bond donors (Lipinski definition) is 2. The van der Waals surface area contributed by atoms with Crippen molar-refractivity contribution in [1.82, 2.24) is 10.0 Å². The summed E-state index contributed by atoms with van der Waals surface area (Å²) in [6, 6.07) is 0.600. The Morgan fingerprint density at radius 3 is 2.62 bits per heavy atom. The standard InChI is InChI=1S/C8H18N2O2S/c1-3-13(11,12)10-8-5-4-7(2)9-6-8/h7-10H,3-6H2,1-2H3. The van der Waals surface area contributed by atoms with Gasteiger partial charge in [-0.15, -0.1) is 0 Å². The first-order valence-electron chi connectivity index (χ1n) is 4.77. The number of piperidine rings is 1. The second-order valence-corrected chi connectivity index (χ2v) is 5.65. The third-order valence-electron chi connectivity index (χ3n) is 2.39. The van der Waals surface area contributed by atoms with Gasteiger partial charge in [-0.05, 0) is 26.7 Å². The van der Waals surface area contributed by atoms with Crippen molar-refractivity contribution in [2.75, 3.05) is 12.3 Å². The minimum atomic E-state index is -3.03. The highest BCUT2D eigenvalue weighted by molar-refractivity contribution is 7.89. The summed E-state index contributed by atoms with van der Waals surface area (Å²) in [7, 11) is -3.03. The number of sulfonamides is 1. The first kappa shape index (κ1) is 10.9. The van der Waals surface area contributed by atoms with Crippen LogP contribution in [0.1, 0.15) is 26.7 Å². The van der Waals surface area contributed by atoms with Crippen LogP contribution in [-0.4, -0.2) is 32.8 Å². The van der Waals surface area contributed by atoms with E-state index in [4.69, 9.17) is 0 Å². The normalized spacial score (nSPS) is 30.3. The molecule has 1 fully saturated rings. The minimum absolute atomic E-state index is 0.0844. The van der Waals surface area contributed by atoms with E-state index in [0.717, 1.165) is 19.4 Å². The highest BCUT2D eigenvalue weighted by atomic mass is 32.2. The van der Waals surface area contributed by atoms with Gasteiger partial charge in [0.05, 0.1) is 5.75 Å². The molecule has 2 unspecified atom stereocenters. The van der Waals surface area contributed by atoms with E-state index in [9.17, 15) is 8.42 Å². The minimum Gasteiger partial charge on any atom is -0.313 e. The molecule has 5 heteroatoms. The van der Waals surface area contributed by atoms with E-state index in [1.54, 1.807) is 6.92 Å². The molecular weight excluding hydrogens is 188 g/mol. The second-order valence-electron chi connectivity index (χ2n) is 3.60. The van der Waals surface area contributed by atoms with Crippen molar-refractivity contribution in [3.63, 3.8) is 0 Å². The third-order valence-corrected chi connectivity index (χ3v) is 3.84. The number of hydrogen-bond acceptors (Lipinski definition) is 3. The van der Waals surface area contributed by atoms with E-state index in [-0.39, 0.29) is 11.8 Å². The Morgan fingerprint density at radius 1 is 1.46 bits per heavy atom. The summed E-state index contributed by atoms with van der Waals surface area (Å²) in [6.45, 7) is 4.52. The molecule has 0 aromatic carbocycles. The van der Waals surface area contributed by atoms with Crippen LogP contribution in [0.5, 0.6) is 0 Å². The van der Waals surface area contributed by atoms with Gasteiger partial charge in [0.1, 0.15) is 0 Å². The number of rotatable bonds is 3. The van der Waals surface area contributed by atoms with Gasteiger partial charge in [-0.2, -0.15) is 0 Å². The van der Waals surface area contributed by atoms with Crippen molar-refractivity contribution in [3.05, 3.63) is 0 Å². The van der Waals surface area contributed by atoms with Crippen molar-refractivity contribution in [1.29, 1.82) is 0 Å². The van der Waals surface area contributed by atoms with Gasteiger partial charge in [-0.1, -0.05) is 0 Å². The summed E-state index contributed by atoms with van der Waals surface area (Å²) in [5.74, 6) is 0.166. The van der Waals surface area contributed by atoms with E-state index < -0.39 is 10.0 Å². The molecule has 0 spiro atoms. The summed E-state index contributed by atoms with van der Waals surface area (Å²) in [5.41, 5.74) is 0. The molecule has 1 aliphatic rings. The fourth-order valence-corrected chi connectivity index (χ4v) is 2.31. The van der Waals surface area contributed by atoms with Gasteiger partial charge in [-0.25, -0.2) is 13.1 Å². The van der Waals surface area contributed by atoms with Gasteiger partial charge < -0.3 is 5.32 Å². The van der Waals surface area contributed by atoms with Crippen molar-refractivity contribution in [2.45, 2.75) is 38.8 Å². The zero-order valence-corrected chi connectivity index (χ0v) is 9.02. The van der Waals surface area contributed by atoms with Crippen LogP contribution >= 0.6 is 0 Å². The molecule has 0 aromatic rings. The van der Waals surface area contributed by atoms with Crippen LogP contribution in [0.3, 0.4) is 0 Å². The van der Waals surface area contributed by atoms with E-state index >= 15 is 0 Å². The Hall–Kier alpha value is -0.130. The fourth-order valence-electron chi connectivity index (χ4n) is 1.44. The highest BCUT2D eigenvalue weighted by Crippen LogP contribution is 2.08. The summed E-state index contributed by atoms with van der Waals surface area (Å²) in [4.78, 5) is 0. The van der Waals surface area contributed by atoms with E-state index in [0.29, 0.717) is 6.04 Å². The quantitative estimate of drug-likeness (QED) is 0.687. The lowest BCUT2D eigenvalue weighted by atomic mass is 10.0. The van der Waals surface area contributed by atoms with Gasteiger partial charge >= 0.3 is 0 Å². The van der Waals surface area contributed by atoms with Crippen LogP contribution < -0.4 is 10.0 Å². The average Bonchev–Trinajstić information content (AvgIpc) is 2.09. The molecule has 0 aromatic heterocycles. The predicted molar refractivity (Wildman–Crippen MR) is 53.1 cm³/mol. The summed E-state index contributed by atoms with van der Waals surface area (Å²) in [6.07, 6.45) is 1.98. The highest BCUT2D eigenvalue weighted by Gasteiger charge is 2.20. The lowest BCUT2D eigenvalue weighted by molar-refractivity contribution is 0.366. The van der Waals surface area contributed by atoms with Crippen LogP contribution in [-0.2, 0) is 10.0 Å². The zero-order valence-electron chi connectivity index (χ0n) is 8.21. The van der Waals surface area contributed by atoms with Gasteiger partial charge in [0.2, 0.25) is 10.0 Å². The first-order chi connectivity index (χ1) is 6.03.